The summed E-state index contributed by atoms with van der Waals surface area (Å²) >= 11 is 12.5. The Hall–Kier alpha value is -3.21. The molecule has 1 aliphatic rings. The van der Waals surface area contributed by atoms with E-state index in [9.17, 15) is 9.65 Å². The summed E-state index contributed by atoms with van der Waals surface area (Å²) in [6.07, 6.45) is 1.55. The molecule has 0 saturated heterocycles. The molecule has 0 unspecified atom stereocenters. The third kappa shape index (κ3) is 3.99. The minimum atomic E-state index is -0.617. The standard InChI is InChI=1S/C23H19Cl2FN4O2/c1-2-4-18-21-20(14(10-27)22(28)32-23(21)30-29-18)13-9-12(24)7-8-19(13)31-11-15-16(25)5-3-6-17(15)26/h3,5-9,20H,2,4,11,28H2,1H3,(H,29,30)/t20-/m1/s1. The van der Waals surface area contributed by atoms with Crippen LogP contribution in [0.5, 0.6) is 11.6 Å². The number of hydrogen-bond acceptors (Lipinski definition) is 5. The molecule has 1 aromatic heterocycles. The molecule has 0 saturated carbocycles. The Bertz CT molecular complexity index is 1230. The number of fused-ring (bicyclic) bond motifs is 1. The molecule has 9 heteroatoms. The molecule has 1 aliphatic heterocycles. The molecule has 3 aromatic rings. The lowest BCUT2D eigenvalue weighted by Crippen LogP contribution is -2.22. The van der Waals surface area contributed by atoms with Crippen molar-refractivity contribution in [1.29, 1.82) is 5.26 Å². The molecule has 2 heterocycles. The van der Waals surface area contributed by atoms with Crippen LogP contribution in [0.3, 0.4) is 0 Å². The summed E-state index contributed by atoms with van der Waals surface area (Å²) in [6, 6.07) is 11.6. The van der Waals surface area contributed by atoms with Crippen molar-refractivity contribution in [3.05, 3.63) is 86.1 Å². The molecule has 0 bridgehead atoms. The number of nitrogens with two attached hydrogens (primary N) is 1. The lowest BCUT2D eigenvalue weighted by atomic mass is 9.83. The molecule has 0 amide bonds. The van der Waals surface area contributed by atoms with Gasteiger partial charge < -0.3 is 15.2 Å². The smallest absolute Gasteiger partial charge is 0.244 e. The number of aromatic nitrogens is 2. The molecular formula is C23H19Cl2FN4O2. The zero-order valence-electron chi connectivity index (χ0n) is 17.1. The number of benzene rings is 2. The normalized spacial score (nSPS) is 15.2. The van der Waals surface area contributed by atoms with Crippen LogP contribution in [0.15, 0.2) is 47.9 Å². The molecular weight excluding hydrogens is 454 g/mol. The number of rotatable bonds is 6. The quantitative estimate of drug-likeness (QED) is 0.486. The van der Waals surface area contributed by atoms with Gasteiger partial charge in [0.2, 0.25) is 11.8 Å². The first-order valence-corrected chi connectivity index (χ1v) is 10.7. The van der Waals surface area contributed by atoms with E-state index in [4.69, 9.17) is 38.4 Å². The summed E-state index contributed by atoms with van der Waals surface area (Å²) in [6.45, 7) is 1.93. The first-order valence-electron chi connectivity index (χ1n) is 9.94. The number of hydrogen-bond donors (Lipinski definition) is 2. The summed E-state index contributed by atoms with van der Waals surface area (Å²) in [4.78, 5) is 0. The van der Waals surface area contributed by atoms with E-state index in [0.717, 1.165) is 12.1 Å². The first-order chi connectivity index (χ1) is 15.4. The number of halogens is 3. The average molecular weight is 473 g/mol. The van der Waals surface area contributed by atoms with E-state index in [2.05, 4.69) is 16.3 Å². The fourth-order valence-electron chi connectivity index (χ4n) is 3.76. The Morgan fingerprint density at radius 2 is 2.12 bits per heavy atom. The van der Waals surface area contributed by atoms with Gasteiger partial charge in [0.15, 0.2) is 0 Å². The van der Waals surface area contributed by atoms with Crippen molar-refractivity contribution in [1.82, 2.24) is 10.2 Å². The second kappa shape index (κ2) is 9.11. The number of nitrogens with one attached hydrogen (secondary N) is 1. The summed E-state index contributed by atoms with van der Waals surface area (Å²) < 4.78 is 25.8. The lowest BCUT2D eigenvalue weighted by molar-refractivity contribution is 0.295. The first kappa shape index (κ1) is 22.0. The Morgan fingerprint density at radius 3 is 2.84 bits per heavy atom. The molecule has 0 fully saturated rings. The Kier molecular flexibility index (Phi) is 6.26. The fourth-order valence-corrected chi connectivity index (χ4v) is 4.15. The maximum Gasteiger partial charge on any atom is 0.244 e. The van der Waals surface area contributed by atoms with Crippen LogP contribution >= 0.6 is 23.2 Å². The molecule has 0 spiro atoms. The summed E-state index contributed by atoms with van der Waals surface area (Å²) in [5.41, 5.74) is 8.62. The molecule has 0 radical (unpaired) electrons. The summed E-state index contributed by atoms with van der Waals surface area (Å²) in [5, 5.41) is 17.8. The van der Waals surface area contributed by atoms with Crippen molar-refractivity contribution in [2.24, 2.45) is 5.73 Å². The highest BCUT2D eigenvalue weighted by Crippen LogP contribution is 2.46. The van der Waals surface area contributed by atoms with Gasteiger partial charge in [0, 0.05) is 21.8 Å². The number of aryl methyl sites for hydroxylation is 1. The Balaban J connectivity index is 1.82. The lowest BCUT2D eigenvalue weighted by Gasteiger charge is -2.26. The molecule has 1 atom stereocenters. The second-order valence-corrected chi connectivity index (χ2v) is 8.11. The topological polar surface area (TPSA) is 97.0 Å². The number of ether oxygens (including phenoxy) is 2. The van der Waals surface area contributed by atoms with E-state index in [0.29, 0.717) is 34.2 Å². The summed E-state index contributed by atoms with van der Waals surface area (Å²) in [7, 11) is 0. The van der Waals surface area contributed by atoms with Gasteiger partial charge in [0.1, 0.15) is 29.8 Å². The molecule has 2 aromatic carbocycles. The van der Waals surface area contributed by atoms with Gasteiger partial charge in [-0.25, -0.2) is 4.39 Å². The number of aromatic amines is 1. The van der Waals surface area contributed by atoms with Gasteiger partial charge in [0.25, 0.3) is 0 Å². The zero-order valence-corrected chi connectivity index (χ0v) is 18.6. The minimum Gasteiger partial charge on any atom is -0.488 e. The van der Waals surface area contributed by atoms with Crippen LogP contribution < -0.4 is 15.2 Å². The second-order valence-electron chi connectivity index (χ2n) is 7.27. The van der Waals surface area contributed by atoms with Crippen LogP contribution in [0.4, 0.5) is 4.39 Å². The molecule has 6 nitrogen and oxygen atoms in total. The summed E-state index contributed by atoms with van der Waals surface area (Å²) in [5.74, 6) is -0.409. The SMILES string of the molecule is CCCc1[nH]nc2c1[C@H](c1cc(Cl)ccc1OCc1c(F)cccc1Cl)C(C#N)=C(N)O2. The Labute approximate surface area is 194 Å². The van der Waals surface area contributed by atoms with E-state index in [1.165, 1.54) is 12.1 Å². The van der Waals surface area contributed by atoms with Crippen molar-refractivity contribution in [3.8, 4) is 17.7 Å². The van der Waals surface area contributed by atoms with Crippen LogP contribution in [0.1, 0.15) is 41.6 Å². The third-order valence-electron chi connectivity index (χ3n) is 5.23. The largest absolute Gasteiger partial charge is 0.488 e. The van der Waals surface area contributed by atoms with Crippen LogP contribution in [0, 0.1) is 17.1 Å². The van der Waals surface area contributed by atoms with Crippen LogP contribution in [0.2, 0.25) is 10.0 Å². The minimum absolute atomic E-state index is 0.0392. The van der Waals surface area contributed by atoms with E-state index in [-0.39, 0.29) is 28.6 Å². The van der Waals surface area contributed by atoms with Gasteiger partial charge in [-0.1, -0.05) is 42.6 Å². The molecule has 4 rings (SSSR count). The number of nitriles is 1. The maximum absolute atomic E-state index is 14.3. The monoisotopic (exact) mass is 472 g/mol. The van der Waals surface area contributed by atoms with Crippen molar-refractivity contribution in [3.63, 3.8) is 0 Å². The fraction of sp³-hybridized carbons (Fsp3) is 0.217. The highest BCUT2D eigenvalue weighted by molar-refractivity contribution is 6.31. The molecule has 164 valence electrons. The predicted molar refractivity (Wildman–Crippen MR) is 119 cm³/mol. The number of allylic oxidation sites excluding steroid dienone is 1. The van der Waals surface area contributed by atoms with Crippen molar-refractivity contribution >= 4 is 23.2 Å². The van der Waals surface area contributed by atoms with Crippen molar-refractivity contribution in [2.45, 2.75) is 32.3 Å². The number of nitrogens with zero attached hydrogens (tertiary/aromatic N) is 2. The highest BCUT2D eigenvalue weighted by Gasteiger charge is 2.36. The molecule has 3 N–H and O–H groups in total. The molecule has 32 heavy (non-hydrogen) atoms. The zero-order chi connectivity index (χ0) is 22.8. The van der Waals surface area contributed by atoms with Gasteiger partial charge in [-0.2, -0.15) is 5.26 Å². The van der Waals surface area contributed by atoms with E-state index < -0.39 is 11.7 Å². The van der Waals surface area contributed by atoms with Gasteiger partial charge in [-0.3, -0.25) is 5.10 Å². The number of H-pyrrole nitrogens is 1. The van der Waals surface area contributed by atoms with Gasteiger partial charge in [-0.05, 0) is 36.8 Å². The van der Waals surface area contributed by atoms with Gasteiger partial charge in [-0.15, -0.1) is 5.10 Å². The predicted octanol–water partition coefficient (Wildman–Crippen LogP) is 5.61. The van der Waals surface area contributed by atoms with E-state index in [1.54, 1.807) is 24.3 Å². The Morgan fingerprint density at radius 1 is 1.31 bits per heavy atom. The van der Waals surface area contributed by atoms with Crippen LogP contribution in [-0.2, 0) is 13.0 Å². The highest BCUT2D eigenvalue weighted by atomic mass is 35.5. The van der Waals surface area contributed by atoms with Crippen molar-refractivity contribution in [2.75, 3.05) is 0 Å². The van der Waals surface area contributed by atoms with E-state index in [1.807, 2.05) is 6.92 Å². The van der Waals surface area contributed by atoms with E-state index >= 15 is 0 Å². The van der Waals surface area contributed by atoms with Gasteiger partial charge >= 0.3 is 0 Å². The van der Waals surface area contributed by atoms with Crippen LogP contribution in [-0.4, -0.2) is 10.2 Å². The average Bonchev–Trinajstić information content (AvgIpc) is 3.15. The third-order valence-corrected chi connectivity index (χ3v) is 5.82. The van der Waals surface area contributed by atoms with Crippen LogP contribution in [0.25, 0.3) is 0 Å². The van der Waals surface area contributed by atoms with Crippen molar-refractivity contribution < 1.29 is 13.9 Å². The molecule has 0 aliphatic carbocycles. The van der Waals surface area contributed by atoms with Gasteiger partial charge in [0.05, 0.1) is 16.5 Å². The maximum atomic E-state index is 14.3.